The molecule has 0 spiro atoms. The van der Waals surface area contributed by atoms with E-state index in [4.69, 9.17) is 5.14 Å². The summed E-state index contributed by atoms with van der Waals surface area (Å²) in [6, 6.07) is 0.134. The molecule has 0 aliphatic carbocycles. The second-order valence-corrected chi connectivity index (χ2v) is 6.66. The minimum Gasteiger partial charge on any atom is -0.317 e. The molecule has 2 rings (SSSR count). The molecule has 2 fully saturated rings. The van der Waals surface area contributed by atoms with Gasteiger partial charge in [0.05, 0.1) is 0 Å². The summed E-state index contributed by atoms with van der Waals surface area (Å²) in [4.78, 5) is 0. The SMILES string of the molecule is NS(=O)(=O)N1CCCCCC1C1CCNCC1. The Kier molecular flexibility index (Phi) is 4.41. The first-order chi connectivity index (χ1) is 8.09. The Morgan fingerprint density at radius 3 is 2.41 bits per heavy atom. The van der Waals surface area contributed by atoms with Crippen molar-refractivity contribution in [3.05, 3.63) is 0 Å². The van der Waals surface area contributed by atoms with E-state index < -0.39 is 10.2 Å². The maximum Gasteiger partial charge on any atom is 0.277 e. The molecule has 0 radical (unpaired) electrons. The number of nitrogens with one attached hydrogen (secondary N) is 1. The molecule has 0 saturated carbocycles. The van der Waals surface area contributed by atoms with Crippen molar-refractivity contribution in [2.45, 2.75) is 44.6 Å². The van der Waals surface area contributed by atoms with Crippen LogP contribution in [-0.4, -0.2) is 38.4 Å². The third-order valence-corrected chi connectivity index (χ3v) is 5.11. The first-order valence-corrected chi connectivity index (χ1v) is 8.09. The number of nitrogens with two attached hydrogens (primary N) is 1. The topological polar surface area (TPSA) is 75.4 Å². The minimum atomic E-state index is -3.53. The number of hydrogen-bond donors (Lipinski definition) is 2. The Balaban J connectivity index is 2.13. The summed E-state index contributed by atoms with van der Waals surface area (Å²) in [5, 5.41) is 8.68. The van der Waals surface area contributed by atoms with Crippen molar-refractivity contribution < 1.29 is 8.42 Å². The molecule has 17 heavy (non-hydrogen) atoms. The maximum absolute atomic E-state index is 11.7. The highest BCUT2D eigenvalue weighted by molar-refractivity contribution is 7.86. The first-order valence-electron chi connectivity index (χ1n) is 6.59. The van der Waals surface area contributed by atoms with E-state index >= 15 is 0 Å². The number of piperidine rings is 1. The third kappa shape index (κ3) is 3.40. The molecule has 0 aromatic rings. The van der Waals surface area contributed by atoms with Crippen LogP contribution in [0.25, 0.3) is 0 Å². The van der Waals surface area contributed by atoms with Crippen LogP contribution >= 0.6 is 0 Å². The van der Waals surface area contributed by atoms with Gasteiger partial charge in [-0.1, -0.05) is 12.8 Å². The van der Waals surface area contributed by atoms with Gasteiger partial charge >= 0.3 is 0 Å². The minimum absolute atomic E-state index is 0.134. The van der Waals surface area contributed by atoms with E-state index in [1.807, 2.05) is 0 Å². The van der Waals surface area contributed by atoms with Gasteiger partial charge < -0.3 is 5.32 Å². The van der Waals surface area contributed by atoms with Crippen LogP contribution < -0.4 is 10.5 Å². The van der Waals surface area contributed by atoms with E-state index in [0.29, 0.717) is 12.5 Å². The molecule has 0 aromatic heterocycles. The zero-order valence-electron chi connectivity index (χ0n) is 10.3. The molecule has 5 nitrogen and oxygen atoms in total. The van der Waals surface area contributed by atoms with Gasteiger partial charge in [-0.15, -0.1) is 0 Å². The van der Waals surface area contributed by atoms with E-state index in [9.17, 15) is 8.42 Å². The molecule has 2 heterocycles. The van der Waals surface area contributed by atoms with Crippen molar-refractivity contribution in [1.29, 1.82) is 0 Å². The molecular weight excluding hydrogens is 238 g/mol. The van der Waals surface area contributed by atoms with Gasteiger partial charge in [0.2, 0.25) is 0 Å². The van der Waals surface area contributed by atoms with Gasteiger partial charge in [-0.05, 0) is 44.7 Å². The molecule has 100 valence electrons. The van der Waals surface area contributed by atoms with Crippen LogP contribution in [0.3, 0.4) is 0 Å². The smallest absolute Gasteiger partial charge is 0.277 e. The van der Waals surface area contributed by atoms with Crippen LogP contribution in [0.2, 0.25) is 0 Å². The lowest BCUT2D eigenvalue weighted by Gasteiger charge is -2.36. The predicted molar refractivity (Wildman–Crippen MR) is 67.7 cm³/mol. The fourth-order valence-corrected chi connectivity index (χ4v) is 4.16. The number of nitrogens with zero attached hydrogens (tertiary/aromatic N) is 1. The van der Waals surface area contributed by atoms with Gasteiger partial charge in [0.15, 0.2) is 0 Å². The van der Waals surface area contributed by atoms with Crippen molar-refractivity contribution >= 4 is 10.2 Å². The van der Waals surface area contributed by atoms with Crippen LogP contribution in [0.1, 0.15) is 38.5 Å². The Morgan fingerprint density at radius 2 is 1.76 bits per heavy atom. The summed E-state index contributed by atoms with van der Waals surface area (Å²) in [6.07, 6.45) is 6.29. The quantitative estimate of drug-likeness (QED) is 0.757. The molecule has 3 N–H and O–H groups in total. The highest BCUT2D eigenvalue weighted by atomic mass is 32.2. The normalized spacial score (nSPS) is 30.1. The Hall–Kier alpha value is -0.170. The molecule has 0 bridgehead atoms. The van der Waals surface area contributed by atoms with E-state index in [0.717, 1.165) is 51.6 Å². The number of rotatable bonds is 2. The lowest BCUT2D eigenvalue weighted by atomic mass is 9.88. The molecule has 0 aromatic carbocycles. The van der Waals surface area contributed by atoms with Crippen molar-refractivity contribution in [2.75, 3.05) is 19.6 Å². The Labute approximate surface area is 104 Å². The molecule has 6 heteroatoms. The van der Waals surface area contributed by atoms with E-state index in [1.165, 1.54) is 0 Å². The van der Waals surface area contributed by atoms with E-state index in [1.54, 1.807) is 4.31 Å². The van der Waals surface area contributed by atoms with Crippen LogP contribution in [0.5, 0.6) is 0 Å². The summed E-state index contributed by atoms with van der Waals surface area (Å²) in [7, 11) is -3.53. The molecular formula is C11H23N3O2S. The second-order valence-electron chi connectivity index (χ2n) is 5.16. The van der Waals surface area contributed by atoms with E-state index in [-0.39, 0.29) is 6.04 Å². The van der Waals surface area contributed by atoms with Crippen molar-refractivity contribution in [3.8, 4) is 0 Å². The van der Waals surface area contributed by atoms with Crippen LogP contribution in [0.15, 0.2) is 0 Å². The molecule has 0 amide bonds. The summed E-state index contributed by atoms with van der Waals surface area (Å²) < 4.78 is 24.9. The highest BCUT2D eigenvalue weighted by Gasteiger charge is 2.34. The largest absolute Gasteiger partial charge is 0.317 e. The fraction of sp³-hybridized carbons (Fsp3) is 1.00. The Bertz CT molecular complexity index is 339. The lowest BCUT2D eigenvalue weighted by Crippen LogP contribution is -2.49. The first kappa shape index (κ1) is 13.3. The molecule has 2 aliphatic rings. The summed E-state index contributed by atoms with van der Waals surface area (Å²) in [5.41, 5.74) is 0. The van der Waals surface area contributed by atoms with Gasteiger partial charge in [-0.3, -0.25) is 0 Å². The predicted octanol–water partition coefficient (Wildman–Crippen LogP) is 0.434. The maximum atomic E-state index is 11.7. The standard InChI is InChI=1S/C11H23N3O2S/c12-17(15,16)14-9-3-1-2-4-11(14)10-5-7-13-8-6-10/h10-11,13H,1-9H2,(H2,12,15,16). The molecule has 1 atom stereocenters. The van der Waals surface area contributed by atoms with Gasteiger partial charge in [-0.2, -0.15) is 12.7 Å². The van der Waals surface area contributed by atoms with Crippen LogP contribution in [0, 0.1) is 5.92 Å². The zero-order chi connectivity index (χ0) is 12.3. The summed E-state index contributed by atoms with van der Waals surface area (Å²) in [6.45, 7) is 2.60. The molecule has 2 saturated heterocycles. The van der Waals surface area contributed by atoms with Gasteiger partial charge in [0.25, 0.3) is 10.2 Å². The summed E-state index contributed by atoms with van der Waals surface area (Å²) >= 11 is 0. The average Bonchev–Trinajstić information content (AvgIpc) is 2.54. The van der Waals surface area contributed by atoms with Gasteiger partial charge in [0, 0.05) is 12.6 Å². The van der Waals surface area contributed by atoms with Crippen LogP contribution in [0.4, 0.5) is 0 Å². The highest BCUT2D eigenvalue weighted by Crippen LogP contribution is 2.29. The monoisotopic (exact) mass is 261 g/mol. The van der Waals surface area contributed by atoms with E-state index in [2.05, 4.69) is 5.32 Å². The number of hydrogen-bond acceptors (Lipinski definition) is 3. The van der Waals surface area contributed by atoms with Crippen molar-refractivity contribution in [1.82, 2.24) is 9.62 Å². The van der Waals surface area contributed by atoms with Gasteiger partial charge in [0.1, 0.15) is 0 Å². The zero-order valence-corrected chi connectivity index (χ0v) is 11.1. The van der Waals surface area contributed by atoms with Crippen molar-refractivity contribution in [3.63, 3.8) is 0 Å². The second kappa shape index (κ2) is 5.65. The molecule has 2 aliphatic heterocycles. The third-order valence-electron chi connectivity index (χ3n) is 4.00. The Morgan fingerprint density at radius 1 is 1.06 bits per heavy atom. The lowest BCUT2D eigenvalue weighted by molar-refractivity contribution is 0.198. The van der Waals surface area contributed by atoms with Crippen molar-refractivity contribution in [2.24, 2.45) is 11.1 Å². The fourth-order valence-electron chi connectivity index (χ4n) is 3.12. The molecule has 1 unspecified atom stereocenters. The average molecular weight is 261 g/mol. The summed E-state index contributed by atoms with van der Waals surface area (Å²) in [5.74, 6) is 0.479. The van der Waals surface area contributed by atoms with Gasteiger partial charge in [-0.25, -0.2) is 5.14 Å². The van der Waals surface area contributed by atoms with Crippen LogP contribution in [-0.2, 0) is 10.2 Å².